The largest absolute Gasteiger partial charge is 0.271 e. The Morgan fingerprint density at radius 3 is 2.94 bits per heavy atom. The molecule has 0 bridgehead atoms. The highest BCUT2D eigenvalue weighted by molar-refractivity contribution is 9.09. The number of nitro groups is 1. The molecule has 0 aliphatic heterocycles. The minimum atomic E-state index is -0.389. The van der Waals surface area contributed by atoms with E-state index in [0.29, 0.717) is 6.54 Å². The van der Waals surface area contributed by atoms with Crippen molar-refractivity contribution in [2.45, 2.75) is 13.5 Å². The molecule has 84 valence electrons. The maximum Gasteiger partial charge on any atom is 0.271 e. The van der Waals surface area contributed by atoms with Crippen LogP contribution in [0.5, 0.6) is 0 Å². The molecule has 0 aliphatic rings. The van der Waals surface area contributed by atoms with E-state index >= 15 is 0 Å². The van der Waals surface area contributed by atoms with E-state index in [-0.39, 0.29) is 10.6 Å². The summed E-state index contributed by atoms with van der Waals surface area (Å²) in [6.07, 6.45) is 0. The van der Waals surface area contributed by atoms with Crippen LogP contribution in [0.1, 0.15) is 5.69 Å². The van der Waals surface area contributed by atoms with Crippen LogP contribution in [0.4, 0.5) is 5.69 Å². The van der Waals surface area contributed by atoms with Crippen molar-refractivity contribution in [1.29, 1.82) is 0 Å². The summed E-state index contributed by atoms with van der Waals surface area (Å²) >= 11 is 3.33. The molecule has 0 fully saturated rings. The Kier molecular flexibility index (Phi) is 2.91. The van der Waals surface area contributed by atoms with Gasteiger partial charge in [-0.3, -0.25) is 14.8 Å². The van der Waals surface area contributed by atoms with E-state index in [1.54, 1.807) is 16.8 Å². The standard InChI is InChI=1S/C10H10BrN3O2/c1-7-9-3-2-8(14(15)16)6-10(9)13(12-7)5-4-11/h2-3,6H,4-5H2,1H3. The number of fused-ring (bicyclic) bond motifs is 1. The van der Waals surface area contributed by atoms with E-state index < -0.39 is 0 Å². The fourth-order valence-electron chi connectivity index (χ4n) is 1.69. The van der Waals surface area contributed by atoms with Crippen molar-refractivity contribution in [3.63, 3.8) is 0 Å². The van der Waals surface area contributed by atoms with Crippen molar-refractivity contribution >= 4 is 32.5 Å². The fourth-order valence-corrected chi connectivity index (χ4v) is 2.03. The first kappa shape index (κ1) is 11.1. The molecule has 16 heavy (non-hydrogen) atoms. The number of alkyl halides is 1. The summed E-state index contributed by atoms with van der Waals surface area (Å²) < 4.78 is 1.78. The molecule has 1 heterocycles. The SMILES string of the molecule is Cc1nn(CCBr)c2cc([N+](=O)[O-])ccc12. The highest BCUT2D eigenvalue weighted by Gasteiger charge is 2.12. The van der Waals surface area contributed by atoms with Gasteiger partial charge in [-0.15, -0.1) is 0 Å². The zero-order valence-corrected chi connectivity index (χ0v) is 10.3. The molecule has 1 aromatic carbocycles. The van der Waals surface area contributed by atoms with Crippen molar-refractivity contribution in [2.24, 2.45) is 0 Å². The van der Waals surface area contributed by atoms with E-state index in [1.165, 1.54) is 6.07 Å². The summed E-state index contributed by atoms with van der Waals surface area (Å²) in [5.41, 5.74) is 1.81. The number of benzene rings is 1. The van der Waals surface area contributed by atoms with E-state index in [0.717, 1.165) is 21.9 Å². The third kappa shape index (κ3) is 1.80. The van der Waals surface area contributed by atoms with Gasteiger partial charge in [0.25, 0.3) is 5.69 Å². The van der Waals surface area contributed by atoms with Crippen molar-refractivity contribution in [3.05, 3.63) is 34.0 Å². The maximum absolute atomic E-state index is 10.7. The number of hydrogen-bond acceptors (Lipinski definition) is 3. The van der Waals surface area contributed by atoms with Gasteiger partial charge in [-0.05, 0) is 13.0 Å². The smallest absolute Gasteiger partial charge is 0.264 e. The molecule has 2 rings (SSSR count). The van der Waals surface area contributed by atoms with Crippen LogP contribution in [-0.4, -0.2) is 20.0 Å². The van der Waals surface area contributed by atoms with Gasteiger partial charge in [-0.25, -0.2) is 0 Å². The summed E-state index contributed by atoms with van der Waals surface area (Å²) in [5, 5.41) is 16.8. The van der Waals surface area contributed by atoms with E-state index in [4.69, 9.17) is 0 Å². The lowest BCUT2D eigenvalue weighted by Crippen LogP contribution is -2.01. The molecule has 0 saturated carbocycles. The highest BCUT2D eigenvalue weighted by Crippen LogP contribution is 2.23. The van der Waals surface area contributed by atoms with Crippen LogP contribution in [0.25, 0.3) is 10.9 Å². The topological polar surface area (TPSA) is 61.0 Å². The Morgan fingerprint density at radius 1 is 1.56 bits per heavy atom. The van der Waals surface area contributed by atoms with Crippen LogP contribution in [0, 0.1) is 17.0 Å². The first-order chi connectivity index (χ1) is 7.63. The summed E-state index contributed by atoms with van der Waals surface area (Å²) in [6.45, 7) is 2.60. The second-order valence-electron chi connectivity index (χ2n) is 3.46. The van der Waals surface area contributed by atoms with Crippen molar-refractivity contribution in [1.82, 2.24) is 9.78 Å². The van der Waals surface area contributed by atoms with Gasteiger partial charge in [-0.2, -0.15) is 5.10 Å². The number of nitrogens with zero attached hydrogens (tertiary/aromatic N) is 3. The van der Waals surface area contributed by atoms with Gasteiger partial charge in [0.15, 0.2) is 0 Å². The van der Waals surface area contributed by atoms with E-state index in [2.05, 4.69) is 21.0 Å². The minimum absolute atomic E-state index is 0.100. The summed E-state index contributed by atoms with van der Waals surface area (Å²) in [6, 6.07) is 4.83. The molecule has 0 radical (unpaired) electrons. The monoisotopic (exact) mass is 283 g/mol. The van der Waals surface area contributed by atoms with Gasteiger partial charge >= 0.3 is 0 Å². The molecule has 0 aliphatic carbocycles. The maximum atomic E-state index is 10.7. The zero-order chi connectivity index (χ0) is 11.7. The van der Waals surface area contributed by atoms with Crippen LogP contribution >= 0.6 is 15.9 Å². The number of hydrogen-bond donors (Lipinski definition) is 0. The van der Waals surface area contributed by atoms with Gasteiger partial charge in [0.1, 0.15) is 0 Å². The van der Waals surface area contributed by atoms with Gasteiger partial charge in [0, 0.05) is 22.8 Å². The van der Waals surface area contributed by atoms with Crippen LogP contribution in [-0.2, 0) is 6.54 Å². The zero-order valence-electron chi connectivity index (χ0n) is 8.68. The molecule has 0 unspecified atom stereocenters. The van der Waals surface area contributed by atoms with Crippen molar-refractivity contribution in [2.75, 3.05) is 5.33 Å². The van der Waals surface area contributed by atoms with Crippen LogP contribution in [0.3, 0.4) is 0 Å². The van der Waals surface area contributed by atoms with Crippen LogP contribution in [0.2, 0.25) is 0 Å². The quantitative estimate of drug-likeness (QED) is 0.494. The first-order valence-corrected chi connectivity index (χ1v) is 5.93. The van der Waals surface area contributed by atoms with E-state index in [9.17, 15) is 10.1 Å². The lowest BCUT2D eigenvalue weighted by Gasteiger charge is -1.99. The third-order valence-electron chi connectivity index (χ3n) is 2.43. The highest BCUT2D eigenvalue weighted by atomic mass is 79.9. The average Bonchev–Trinajstić information content (AvgIpc) is 2.56. The Hall–Kier alpha value is -1.43. The Bertz CT molecular complexity index is 550. The molecule has 0 atom stereocenters. The van der Waals surface area contributed by atoms with E-state index in [1.807, 2.05) is 6.92 Å². The number of aromatic nitrogens is 2. The molecule has 2 aromatic rings. The predicted octanol–water partition coefficient (Wildman–Crippen LogP) is 2.65. The van der Waals surface area contributed by atoms with Gasteiger partial charge in [0.05, 0.1) is 22.7 Å². The van der Waals surface area contributed by atoms with Gasteiger partial charge in [0.2, 0.25) is 0 Å². The Labute approximate surface area is 100 Å². The third-order valence-corrected chi connectivity index (χ3v) is 2.78. The van der Waals surface area contributed by atoms with Gasteiger partial charge in [-0.1, -0.05) is 15.9 Å². The van der Waals surface area contributed by atoms with Crippen molar-refractivity contribution < 1.29 is 4.92 Å². The molecule has 1 aromatic heterocycles. The number of aryl methyl sites for hydroxylation is 2. The van der Waals surface area contributed by atoms with Gasteiger partial charge < -0.3 is 0 Å². The second kappa shape index (κ2) is 4.21. The molecule has 0 saturated heterocycles. The fraction of sp³-hybridized carbons (Fsp3) is 0.300. The number of nitro benzene ring substituents is 1. The Morgan fingerprint density at radius 2 is 2.31 bits per heavy atom. The summed E-state index contributed by atoms with van der Waals surface area (Å²) in [4.78, 5) is 10.3. The molecule has 6 heteroatoms. The Balaban J connectivity index is 2.64. The molecule has 0 N–H and O–H groups in total. The van der Waals surface area contributed by atoms with Crippen LogP contribution < -0.4 is 0 Å². The second-order valence-corrected chi connectivity index (χ2v) is 4.25. The molecule has 5 nitrogen and oxygen atoms in total. The number of non-ortho nitro benzene ring substituents is 1. The summed E-state index contributed by atoms with van der Waals surface area (Å²) in [5.74, 6) is 0. The molecular weight excluding hydrogens is 274 g/mol. The summed E-state index contributed by atoms with van der Waals surface area (Å²) in [7, 11) is 0. The minimum Gasteiger partial charge on any atom is -0.264 e. The predicted molar refractivity (Wildman–Crippen MR) is 64.9 cm³/mol. The number of halogens is 1. The van der Waals surface area contributed by atoms with Crippen molar-refractivity contribution in [3.8, 4) is 0 Å². The number of rotatable bonds is 3. The molecular formula is C10H10BrN3O2. The first-order valence-electron chi connectivity index (χ1n) is 4.81. The van der Waals surface area contributed by atoms with Crippen LogP contribution in [0.15, 0.2) is 18.2 Å². The molecule has 0 spiro atoms. The average molecular weight is 284 g/mol. The lowest BCUT2D eigenvalue weighted by atomic mass is 10.2. The molecule has 0 amide bonds. The lowest BCUT2D eigenvalue weighted by molar-refractivity contribution is -0.384. The normalized spacial score (nSPS) is 10.9.